The van der Waals surface area contributed by atoms with Gasteiger partial charge in [0.05, 0.1) is 0 Å². The zero-order valence-electron chi connectivity index (χ0n) is 15.5. The van der Waals surface area contributed by atoms with E-state index in [-0.39, 0.29) is 5.82 Å². The molecule has 0 unspecified atom stereocenters. The predicted octanol–water partition coefficient (Wildman–Crippen LogP) is 7.72. The van der Waals surface area contributed by atoms with Gasteiger partial charge < -0.3 is 0 Å². The molecule has 1 saturated carbocycles. The number of fused-ring (bicyclic) bond motifs is 1. The van der Waals surface area contributed by atoms with Gasteiger partial charge in [-0.2, -0.15) is 0 Å². The molecular weight excluding hydrogens is 319 g/mol. The Hall–Kier alpha value is -2.15. The van der Waals surface area contributed by atoms with Gasteiger partial charge in [-0.25, -0.2) is 4.39 Å². The van der Waals surface area contributed by atoms with Crippen LogP contribution in [0.3, 0.4) is 0 Å². The van der Waals surface area contributed by atoms with Crippen molar-refractivity contribution in [2.75, 3.05) is 0 Å². The van der Waals surface area contributed by atoms with Crippen LogP contribution in [0.2, 0.25) is 0 Å². The molecule has 0 nitrogen and oxygen atoms in total. The molecule has 0 radical (unpaired) electrons. The molecule has 1 heteroatoms. The van der Waals surface area contributed by atoms with E-state index in [0.717, 1.165) is 22.3 Å². The fraction of sp³-hybridized carbons (Fsp3) is 0.360. The molecule has 1 aliphatic carbocycles. The lowest BCUT2D eigenvalue weighted by atomic mass is 9.77. The summed E-state index contributed by atoms with van der Waals surface area (Å²) in [5, 5.41) is 1.75. The summed E-state index contributed by atoms with van der Waals surface area (Å²) in [6.45, 7) is 2.29. The summed E-state index contributed by atoms with van der Waals surface area (Å²) >= 11 is 0. The van der Waals surface area contributed by atoms with Crippen LogP contribution in [0.5, 0.6) is 0 Å². The second kappa shape index (κ2) is 7.61. The molecule has 0 amide bonds. The van der Waals surface area contributed by atoms with E-state index in [2.05, 4.69) is 25.1 Å². The van der Waals surface area contributed by atoms with Crippen LogP contribution in [0.25, 0.3) is 21.9 Å². The third-order valence-corrected chi connectivity index (χ3v) is 6.08. The van der Waals surface area contributed by atoms with Crippen LogP contribution in [-0.2, 0) is 0 Å². The van der Waals surface area contributed by atoms with Crippen molar-refractivity contribution in [2.24, 2.45) is 5.92 Å². The molecule has 1 fully saturated rings. The molecule has 0 spiro atoms. The van der Waals surface area contributed by atoms with Crippen LogP contribution in [0.1, 0.15) is 56.9 Å². The van der Waals surface area contributed by atoms with Crippen LogP contribution in [0.15, 0.2) is 60.7 Å². The molecule has 3 aromatic carbocycles. The Morgan fingerprint density at radius 3 is 2.38 bits per heavy atom. The van der Waals surface area contributed by atoms with E-state index in [0.29, 0.717) is 11.5 Å². The van der Waals surface area contributed by atoms with Crippen molar-refractivity contribution < 1.29 is 4.39 Å². The van der Waals surface area contributed by atoms with Crippen LogP contribution in [0.4, 0.5) is 4.39 Å². The van der Waals surface area contributed by atoms with Gasteiger partial charge in [0.15, 0.2) is 0 Å². The highest BCUT2D eigenvalue weighted by atomic mass is 19.1. The lowest BCUT2D eigenvalue weighted by molar-refractivity contribution is 0.308. The third-order valence-electron chi connectivity index (χ3n) is 6.08. The van der Waals surface area contributed by atoms with Crippen molar-refractivity contribution >= 4 is 10.8 Å². The minimum absolute atomic E-state index is 0.105. The highest BCUT2D eigenvalue weighted by Crippen LogP contribution is 2.39. The fourth-order valence-corrected chi connectivity index (χ4v) is 4.60. The molecule has 0 aliphatic heterocycles. The average Bonchev–Trinajstić information content (AvgIpc) is 2.69. The summed E-state index contributed by atoms with van der Waals surface area (Å²) in [5.41, 5.74) is 3.01. The van der Waals surface area contributed by atoms with E-state index in [1.54, 1.807) is 0 Å². The lowest BCUT2D eigenvalue weighted by Gasteiger charge is -2.28. The first-order valence-electron chi connectivity index (χ1n) is 10.0. The SMILES string of the molecule is CCCC1CCC(c2ccc3c(F)c(-c4ccccc4)ccc3c2)CC1. The zero-order chi connectivity index (χ0) is 17.9. The summed E-state index contributed by atoms with van der Waals surface area (Å²) in [5.74, 6) is 1.46. The molecule has 0 saturated heterocycles. The molecule has 4 rings (SSSR count). The topological polar surface area (TPSA) is 0 Å². The molecule has 3 aromatic rings. The summed E-state index contributed by atoms with van der Waals surface area (Å²) in [4.78, 5) is 0. The second-order valence-corrected chi connectivity index (χ2v) is 7.78. The molecule has 0 heterocycles. The van der Waals surface area contributed by atoms with E-state index in [1.807, 2.05) is 42.5 Å². The number of hydrogen-bond acceptors (Lipinski definition) is 0. The number of halogens is 1. The number of benzene rings is 3. The third kappa shape index (κ3) is 3.40. The Labute approximate surface area is 156 Å². The highest BCUT2D eigenvalue weighted by molar-refractivity contribution is 5.88. The Morgan fingerprint density at radius 1 is 0.885 bits per heavy atom. The first-order chi connectivity index (χ1) is 12.8. The van der Waals surface area contributed by atoms with Crippen molar-refractivity contribution in [3.8, 4) is 11.1 Å². The molecule has 0 atom stereocenters. The molecule has 0 N–H and O–H groups in total. The van der Waals surface area contributed by atoms with Crippen molar-refractivity contribution in [2.45, 2.75) is 51.4 Å². The van der Waals surface area contributed by atoms with Gasteiger partial charge in [0.1, 0.15) is 5.82 Å². The molecule has 1 aliphatic rings. The van der Waals surface area contributed by atoms with Crippen LogP contribution >= 0.6 is 0 Å². The van der Waals surface area contributed by atoms with Gasteiger partial charge >= 0.3 is 0 Å². The molecule has 0 aromatic heterocycles. The first kappa shape index (κ1) is 17.3. The summed E-state index contributed by atoms with van der Waals surface area (Å²) in [6, 6.07) is 20.2. The van der Waals surface area contributed by atoms with Gasteiger partial charge in [-0.3, -0.25) is 0 Å². The van der Waals surface area contributed by atoms with Gasteiger partial charge in [-0.05, 0) is 54.0 Å². The van der Waals surface area contributed by atoms with Crippen LogP contribution < -0.4 is 0 Å². The highest BCUT2D eigenvalue weighted by Gasteiger charge is 2.22. The quantitative estimate of drug-likeness (QED) is 0.453. The molecular formula is C25H27F. The number of rotatable bonds is 4. The van der Waals surface area contributed by atoms with Crippen molar-refractivity contribution in [3.63, 3.8) is 0 Å². The second-order valence-electron chi connectivity index (χ2n) is 7.78. The molecule has 134 valence electrons. The first-order valence-corrected chi connectivity index (χ1v) is 10.0. The van der Waals surface area contributed by atoms with Crippen LogP contribution in [0, 0.1) is 11.7 Å². The van der Waals surface area contributed by atoms with Crippen molar-refractivity contribution in [1.29, 1.82) is 0 Å². The maximum atomic E-state index is 15.1. The van der Waals surface area contributed by atoms with Crippen molar-refractivity contribution in [3.05, 3.63) is 72.0 Å². The van der Waals surface area contributed by atoms with E-state index >= 15 is 4.39 Å². The zero-order valence-corrected chi connectivity index (χ0v) is 15.5. The Balaban J connectivity index is 1.61. The average molecular weight is 346 g/mol. The monoisotopic (exact) mass is 346 g/mol. The van der Waals surface area contributed by atoms with E-state index in [9.17, 15) is 0 Å². The Kier molecular flexibility index (Phi) is 5.06. The van der Waals surface area contributed by atoms with Gasteiger partial charge in [0, 0.05) is 10.9 Å². The smallest absolute Gasteiger partial charge is 0.138 e. The van der Waals surface area contributed by atoms with Crippen LogP contribution in [-0.4, -0.2) is 0 Å². The molecule has 26 heavy (non-hydrogen) atoms. The van der Waals surface area contributed by atoms with Gasteiger partial charge in [0.2, 0.25) is 0 Å². The largest absolute Gasteiger partial charge is 0.206 e. The standard InChI is InChI=1S/C25H27F/c1-2-6-18-9-11-19(12-10-18)21-13-15-24-22(17-21)14-16-23(25(24)26)20-7-4-3-5-8-20/h3-5,7-8,13-19H,2,6,9-12H2,1H3. The summed E-state index contributed by atoms with van der Waals surface area (Å²) in [6.07, 6.45) is 7.92. The summed E-state index contributed by atoms with van der Waals surface area (Å²) < 4.78 is 15.1. The lowest BCUT2D eigenvalue weighted by Crippen LogP contribution is -2.13. The van der Waals surface area contributed by atoms with Gasteiger partial charge in [-0.1, -0.05) is 80.4 Å². The van der Waals surface area contributed by atoms with Gasteiger partial charge in [-0.15, -0.1) is 0 Å². The van der Waals surface area contributed by atoms with E-state index < -0.39 is 0 Å². The predicted molar refractivity (Wildman–Crippen MR) is 109 cm³/mol. The van der Waals surface area contributed by atoms with Gasteiger partial charge in [0.25, 0.3) is 0 Å². The maximum Gasteiger partial charge on any atom is 0.138 e. The van der Waals surface area contributed by atoms with E-state index in [1.165, 1.54) is 44.1 Å². The maximum absolute atomic E-state index is 15.1. The Bertz CT molecular complexity index is 873. The number of hydrogen-bond donors (Lipinski definition) is 0. The normalized spacial score (nSPS) is 20.4. The van der Waals surface area contributed by atoms with Crippen molar-refractivity contribution in [1.82, 2.24) is 0 Å². The fourth-order valence-electron chi connectivity index (χ4n) is 4.60. The summed E-state index contributed by atoms with van der Waals surface area (Å²) in [7, 11) is 0. The minimum Gasteiger partial charge on any atom is -0.206 e. The van der Waals surface area contributed by atoms with E-state index in [4.69, 9.17) is 0 Å². The molecule has 0 bridgehead atoms. The minimum atomic E-state index is -0.105. The Morgan fingerprint density at radius 2 is 1.65 bits per heavy atom.